The number of hydrogen-bond donors (Lipinski definition) is 1. The number of aliphatic hydroxyl groups is 1. The molecule has 0 aromatic heterocycles. The van der Waals surface area contributed by atoms with Gasteiger partial charge in [-0.1, -0.05) is 29.8 Å². The monoisotopic (exact) mass is 192 g/mol. The highest BCUT2D eigenvalue weighted by atomic mass is 16.5. The first-order valence-corrected chi connectivity index (χ1v) is 5.04. The maximum Gasteiger partial charge on any atom is 0.118 e. The Morgan fingerprint density at radius 1 is 1.36 bits per heavy atom. The topological polar surface area (TPSA) is 29.5 Å². The molecule has 0 amide bonds. The minimum atomic E-state index is -0.784. The third-order valence-electron chi connectivity index (χ3n) is 3.08. The zero-order valence-electron chi connectivity index (χ0n) is 8.66. The maximum absolute atomic E-state index is 10.4. The van der Waals surface area contributed by atoms with Crippen molar-refractivity contribution in [2.75, 3.05) is 6.61 Å². The van der Waals surface area contributed by atoms with Crippen molar-refractivity contribution in [1.82, 2.24) is 0 Å². The molecule has 0 bridgehead atoms. The van der Waals surface area contributed by atoms with E-state index in [1.807, 2.05) is 38.1 Å². The summed E-state index contributed by atoms with van der Waals surface area (Å²) >= 11 is 0. The van der Waals surface area contributed by atoms with Crippen molar-refractivity contribution >= 4 is 0 Å². The average Bonchev–Trinajstić information content (AvgIpc) is 2.49. The van der Waals surface area contributed by atoms with Crippen LogP contribution in [0.4, 0.5) is 0 Å². The summed E-state index contributed by atoms with van der Waals surface area (Å²) in [4.78, 5) is 0. The van der Waals surface area contributed by atoms with Crippen LogP contribution in [0.2, 0.25) is 0 Å². The second-order valence-corrected chi connectivity index (χ2v) is 4.05. The van der Waals surface area contributed by atoms with E-state index in [0.29, 0.717) is 13.0 Å². The summed E-state index contributed by atoms with van der Waals surface area (Å²) in [7, 11) is 0. The molecule has 0 saturated carbocycles. The zero-order valence-corrected chi connectivity index (χ0v) is 8.66. The van der Waals surface area contributed by atoms with Crippen molar-refractivity contribution in [3.8, 4) is 0 Å². The molecule has 1 aromatic rings. The number of rotatable bonds is 1. The Labute approximate surface area is 84.5 Å². The van der Waals surface area contributed by atoms with Crippen LogP contribution >= 0.6 is 0 Å². The molecular formula is C12H16O2. The van der Waals surface area contributed by atoms with Gasteiger partial charge in [-0.25, -0.2) is 0 Å². The Kier molecular flexibility index (Phi) is 2.33. The minimum absolute atomic E-state index is 0.106. The first-order chi connectivity index (χ1) is 6.63. The highest BCUT2D eigenvalue weighted by Crippen LogP contribution is 2.35. The quantitative estimate of drug-likeness (QED) is 0.737. The summed E-state index contributed by atoms with van der Waals surface area (Å²) in [5, 5.41) is 10.4. The molecule has 1 heterocycles. The maximum atomic E-state index is 10.4. The smallest absolute Gasteiger partial charge is 0.118 e. The molecule has 2 nitrogen and oxygen atoms in total. The lowest BCUT2D eigenvalue weighted by molar-refractivity contribution is -0.0317. The van der Waals surface area contributed by atoms with Gasteiger partial charge < -0.3 is 9.84 Å². The van der Waals surface area contributed by atoms with Crippen LogP contribution in [0, 0.1) is 6.92 Å². The Balaban J connectivity index is 2.34. The molecule has 1 aromatic carbocycles. The lowest BCUT2D eigenvalue weighted by Gasteiger charge is -2.26. The molecule has 2 rings (SSSR count). The van der Waals surface area contributed by atoms with Gasteiger partial charge in [-0.2, -0.15) is 0 Å². The summed E-state index contributed by atoms with van der Waals surface area (Å²) < 4.78 is 5.40. The van der Waals surface area contributed by atoms with Gasteiger partial charge in [0.2, 0.25) is 0 Å². The summed E-state index contributed by atoms with van der Waals surface area (Å²) in [6.45, 7) is 4.61. The lowest BCUT2D eigenvalue weighted by Crippen LogP contribution is -2.32. The van der Waals surface area contributed by atoms with Gasteiger partial charge in [-0.15, -0.1) is 0 Å². The molecule has 2 heteroatoms. The van der Waals surface area contributed by atoms with Crippen LogP contribution < -0.4 is 0 Å². The van der Waals surface area contributed by atoms with Gasteiger partial charge in [0.15, 0.2) is 0 Å². The Morgan fingerprint density at radius 2 is 2.00 bits per heavy atom. The summed E-state index contributed by atoms with van der Waals surface area (Å²) in [6.07, 6.45) is 0.585. The van der Waals surface area contributed by atoms with E-state index in [4.69, 9.17) is 4.74 Å². The van der Waals surface area contributed by atoms with Gasteiger partial charge in [0, 0.05) is 6.42 Å². The lowest BCUT2D eigenvalue weighted by atomic mass is 9.88. The number of ether oxygens (including phenoxy) is 1. The van der Waals surface area contributed by atoms with Crippen LogP contribution in [0.15, 0.2) is 24.3 Å². The third-order valence-corrected chi connectivity index (χ3v) is 3.08. The molecule has 2 unspecified atom stereocenters. The van der Waals surface area contributed by atoms with Crippen molar-refractivity contribution in [3.05, 3.63) is 35.4 Å². The molecule has 1 aliphatic rings. The van der Waals surface area contributed by atoms with Crippen LogP contribution in [0.1, 0.15) is 24.5 Å². The molecular weight excluding hydrogens is 176 g/mol. The first kappa shape index (κ1) is 9.69. The van der Waals surface area contributed by atoms with Crippen LogP contribution in [0.25, 0.3) is 0 Å². The fourth-order valence-electron chi connectivity index (χ4n) is 1.95. The molecule has 0 aliphatic carbocycles. The van der Waals surface area contributed by atoms with Crippen LogP contribution in [-0.2, 0) is 10.3 Å². The largest absolute Gasteiger partial charge is 0.382 e. The zero-order chi connectivity index (χ0) is 10.2. The highest BCUT2D eigenvalue weighted by Gasteiger charge is 2.40. The molecule has 76 valence electrons. The Hall–Kier alpha value is -0.860. The summed E-state index contributed by atoms with van der Waals surface area (Å²) in [6, 6.07) is 8.03. The molecule has 1 fully saturated rings. The van der Waals surface area contributed by atoms with E-state index in [1.165, 1.54) is 5.56 Å². The van der Waals surface area contributed by atoms with E-state index < -0.39 is 5.60 Å². The summed E-state index contributed by atoms with van der Waals surface area (Å²) in [5.41, 5.74) is 1.39. The van der Waals surface area contributed by atoms with Gasteiger partial charge in [-0.3, -0.25) is 0 Å². The Bertz CT molecular complexity index is 318. The van der Waals surface area contributed by atoms with Crippen LogP contribution in [0.3, 0.4) is 0 Å². The average molecular weight is 192 g/mol. The predicted octanol–water partition coefficient (Wildman–Crippen LogP) is 1.99. The second-order valence-electron chi connectivity index (χ2n) is 4.05. The van der Waals surface area contributed by atoms with Gasteiger partial charge in [-0.05, 0) is 19.4 Å². The fourth-order valence-corrected chi connectivity index (χ4v) is 1.95. The van der Waals surface area contributed by atoms with Crippen molar-refractivity contribution in [1.29, 1.82) is 0 Å². The number of aryl methyl sites for hydroxylation is 1. The minimum Gasteiger partial charge on any atom is -0.382 e. The van der Waals surface area contributed by atoms with E-state index in [9.17, 15) is 5.11 Å². The number of hydrogen-bond acceptors (Lipinski definition) is 2. The van der Waals surface area contributed by atoms with Crippen molar-refractivity contribution in [3.63, 3.8) is 0 Å². The molecule has 0 spiro atoms. The molecule has 1 N–H and O–H groups in total. The van der Waals surface area contributed by atoms with Crippen molar-refractivity contribution < 1.29 is 9.84 Å². The number of benzene rings is 1. The van der Waals surface area contributed by atoms with Crippen LogP contribution in [-0.4, -0.2) is 17.8 Å². The molecule has 0 radical (unpaired) electrons. The van der Waals surface area contributed by atoms with Gasteiger partial charge >= 0.3 is 0 Å². The van der Waals surface area contributed by atoms with Gasteiger partial charge in [0.05, 0.1) is 12.7 Å². The summed E-state index contributed by atoms with van der Waals surface area (Å²) in [5.74, 6) is 0. The second kappa shape index (κ2) is 3.37. The first-order valence-electron chi connectivity index (χ1n) is 5.04. The van der Waals surface area contributed by atoms with Gasteiger partial charge in [0.25, 0.3) is 0 Å². The molecule has 1 saturated heterocycles. The van der Waals surface area contributed by atoms with Crippen LogP contribution in [0.5, 0.6) is 0 Å². The fraction of sp³-hybridized carbons (Fsp3) is 0.500. The highest BCUT2D eigenvalue weighted by molar-refractivity contribution is 5.28. The standard InChI is InChI=1S/C12H16O2/c1-9-3-5-11(6-4-9)12(13)7-8-14-10(12)2/h3-6,10,13H,7-8H2,1-2H3. The Morgan fingerprint density at radius 3 is 2.50 bits per heavy atom. The molecule has 2 atom stereocenters. The van der Waals surface area contributed by atoms with E-state index in [2.05, 4.69) is 0 Å². The SMILES string of the molecule is Cc1ccc(C2(O)CCOC2C)cc1. The van der Waals surface area contributed by atoms with E-state index in [-0.39, 0.29) is 6.10 Å². The predicted molar refractivity (Wildman–Crippen MR) is 55.1 cm³/mol. The third kappa shape index (κ3) is 1.45. The van der Waals surface area contributed by atoms with E-state index in [0.717, 1.165) is 5.56 Å². The van der Waals surface area contributed by atoms with E-state index in [1.54, 1.807) is 0 Å². The van der Waals surface area contributed by atoms with E-state index >= 15 is 0 Å². The molecule has 1 aliphatic heterocycles. The van der Waals surface area contributed by atoms with Crippen molar-refractivity contribution in [2.45, 2.75) is 32.0 Å². The molecule has 14 heavy (non-hydrogen) atoms. The van der Waals surface area contributed by atoms with Gasteiger partial charge in [0.1, 0.15) is 5.60 Å². The van der Waals surface area contributed by atoms with Crippen molar-refractivity contribution in [2.24, 2.45) is 0 Å². The normalized spacial score (nSPS) is 32.1.